The van der Waals surface area contributed by atoms with Crippen molar-refractivity contribution in [1.29, 1.82) is 0 Å². The minimum absolute atomic E-state index is 0.232. The van der Waals surface area contributed by atoms with Crippen molar-refractivity contribution >= 4 is 10.1 Å². The molecule has 0 atom stereocenters. The Morgan fingerprint density at radius 3 is 1.31 bits per heavy atom. The molecule has 0 aromatic rings. The quantitative estimate of drug-likeness (QED) is 0.215. The van der Waals surface area contributed by atoms with Gasteiger partial charge in [-0.25, -0.2) is 8.42 Å². The molecule has 0 aliphatic heterocycles. The van der Waals surface area contributed by atoms with E-state index in [0.717, 1.165) is 22.1 Å². The molecule has 0 saturated heterocycles. The third kappa shape index (κ3) is 20.1. The smallest absolute Gasteiger partial charge is 0.0948 e. The Balaban J connectivity index is 3.42. The Kier molecular flexibility index (Phi) is 13.0. The van der Waals surface area contributed by atoms with Crippen LogP contribution in [0.15, 0.2) is 0 Å². The Morgan fingerprint density at radius 2 is 0.923 bits per heavy atom. The largest absolute Gasteiger partial charge is 0.748 e. The van der Waals surface area contributed by atoms with Gasteiger partial charge in [0.25, 0.3) is 0 Å². The zero-order valence-corrected chi connectivity index (χ0v) is 19.0. The van der Waals surface area contributed by atoms with Crippen LogP contribution in [-0.4, -0.2) is 82.6 Å². The van der Waals surface area contributed by atoms with Crippen molar-refractivity contribution in [2.75, 3.05) is 60.6 Å². The van der Waals surface area contributed by atoms with Gasteiger partial charge in [0.1, 0.15) is 0 Å². The molecule has 0 aliphatic carbocycles. The molecule has 0 unspecified atom stereocenters. The highest BCUT2D eigenvalue weighted by Crippen LogP contribution is 2.12. The minimum atomic E-state index is -4.06. The van der Waals surface area contributed by atoms with E-state index in [1.165, 1.54) is 70.8 Å². The van der Waals surface area contributed by atoms with Crippen LogP contribution >= 0.6 is 0 Å². The van der Waals surface area contributed by atoms with E-state index < -0.39 is 10.1 Å². The van der Waals surface area contributed by atoms with Gasteiger partial charge >= 0.3 is 0 Å². The van der Waals surface area contributed by atoms with Crippen LogP contribution in [0.2, 0.25) is 0 Å². The molecule has 0 aliphatic rings. The van der Waals surface area contributed by atoms with Crippen LogP contribution in [0.5, 0.6) is 0 Å². The molecular formula is C20H45N2O3S+. The van der Waals surface area contributed by atoms with E-state index >= 15 is 0 Å². The lowest BCUT2D eigenvalue weighted by atomic mass is 10.1. The topological polar surface area (TPSA) is 57.2 Å². The lowest BCUT2D eigenvalue weighted by Gasteiger charge is -2.30. The van der Waals surface area contributed by atoms with Crippen molar-refractivity contribution in [3.05, 3.63) is 0 Å². The van der Waals surface area contributed by atoms with Crippen molar-refractivity contribution in [1.82, 2.24) is 0 Å². The maximum absolute atomic E-state index is 10.7. The highest BCUT2D eigenvalue weighted by atomic mass is 32.2. The number of unbranched alkanes of at least 4 members (excludes halogenated alkanes) is 9. The van der Waals surface area contributed by atoms with Crippen molar-refractivity contribution in [3.63, 3.8) is 0 Å². The predicted molar refractivity (Wildman–Crippen MR) is 110 cm³/mol. The predicted octanol–water partition coefficient (Wildman–Crippen LogP) is 3.61. The molecule has 0 bridgehead atoms. The molecule has 26 heavy (non-hydrogen) atoms. The molecule has 0 aromatic carbocycles. The third-order valence-electron chi connectivity index (χ3n) is 5.00. The van der Waals surface area contributed by atoms with Gasteiger partial charge in [0.15, 0.2) is 0 Å². The van der Waals surface area contributed by atoms with Crippen LogP contribution in [0.4, 0.5) is 0 Å². The molecular weight excluding hydrogens is 348 g/mol. The highest BCUT2D eigenvalue weighted by molar-refractivity contribution is 7.85. The first-order chi connectivity index (χ1) is 11.9. The fourth-order valence-corrected chi connectivity index (χ4v) is 3.80. The van der Waals surface area contributed by atoms with Crippen molar-refractivity contribution in [2.45, 2.75) is 70.6 Å². The van der Waals surface area contributed by atoms with Gasteiger partial charge in [0, 0.05) is 12.2 Å². The molecule has 0 aromatic heterocycles. The molecule has 0 N–H and O–H groups in total. The summed E-state index contributed by atoms with van der Waals surface area (Å²) in [5.41, 5.74) is 0. The summed E-state index contributed by atoms with van der Waals surface area (Å²) in [6.45, 7) is 3.10. The second kappa shape index (κ2) is 13.1. The summed E-state index contributed by atoms with van der Waals surface area (Å²) in [6, 6.07) is 0. The van der Waals surface area contributed by atoms with Crippen LogP contribution in [0.3, 0.4) is 0 Å². The van der Waals surface area contributed by atoms with E-state index in [0.29, 0.717) is 6.42 Å². The fraction of sp³-hybridized carbons (Fsp3) is 1.00. The number of nitrogens with zero attached hydrogens (tertiary/aromatic N) is 2. The molecule has 158 valence electrons. The number of hydrogen-bond donors (Lipinski definition) is 0. The van der Waals surface area contributed by atoms with Gasteiger partial charge in [-0.1, -0.05) is 38.5 Å². The summed E-state index contributed by atoms with van der Waals surface area (Å²) in [7, 11) is 6.97. The van der Waals surface area contributed by atoms with Gasteiger partial charge in [-0.05, 0) is 25.7 Å². The molecule has 0 rings (SSSR count). The molecule has 5 nitrogen and oxygen atoms in total. The SMILES string of the molecule is C[N+](C)(C)CCCCCCCCCCCC[N+](C)(C)CCCS(=O)(=O)[O-]. The first-order valence-corrected chi connectivity index (χ1v) is 12.1. The van der Waals surface area contributed by atoms with Gasteiger partial charge in [-0.2, -0.15) is 0 Å². The summed E-state index contributed by atoms with van der Waals surface area (Å²) >= 11 is 0. The first-order valence-electron chi connectivity index (χ1n) is 10.5. The van der Waals surface area contributed by atoms with Crippen molar-refractivity contribution in [2.24, 2.45) is 0 Å². The first kappa shape index (κ1) is 25.8. The van der Waals surface area contributed by atoms with Crippen LogP contribution in [0.1, 0.15) is 70.6 Å². The van der Waals surface area contributed by atoms with Gasteiger partial charge in [-0.3, -0.25) is 0 Å². The number of quaternary nitrogens is 2. The maximum Gasteiger partial charge on any atom is 0.0948 e. The molecule has 0 spiro atoms. The van der Waals surface area contributed by atoms with Crippen molar-refractivity contribution < 1.29 is 21.9 Å². The van der Waals surface area contributed by atoms with E-state index in [9.17, 15) is 13.0 Å². The summed E-state index contributed by atoms with van der Waals surface area (Å²) in [4.78, 5) is 0. The molecule has 0 fully saturated rings. The summed E-state index contributed by atoms with van der Waals surface area (Å²) < 4.78 is 33.8. The Hall–Kier alpha value is -0.170. The van der Waals surface area contributed by atoms with E-state index in [1.54, 1.807) is 0 Å². The summed E-state index contributed by atoms with van der Waals surface area (Å²) in [5.74, 6) is -0.232. The van der Waals surface area contributed by atoms with Gasteiger partial charge in [0.2, 0.25) is 0 Å². The van der Waals surface area contributed by atoms with E-state index in [2.05, 4.69) is 35.2 Å². The molecule has 6 heteroatoms. The monoisotopic (exact) mass is 393 g/mol. The Morgan fingerprint density at radius 1 is 0.577 bits per heavy atom. The van der Waals surface area contributed by atoms with Gasteiger partial charge in [-0.15, -0.1) is 0 Å². The van der Waals surface area contributed by atoms with Crippen LogP contribution in [0, 0.1) is 0 Å². The standard InChI is InChI=1S/C20H45N2O3S/c1-21(2,3)17-14-12-10-8-6-7-9-11-13-15-18-22(4,5)19-16-20-26(23,24)25/h6-20H2,1-5H3/q+1. The summed E-state index contributed by atoms with van der Waals surface area (Å²) in [6.07, 6.45) is 13.7. The van der Waals surface area contributed by atoms with Gasteiger partial charge in [0.05, 0.1) is 65.0 Å². The fourth-order valence-electron chi connectivity index (χ4n) is 3.32. The lowest BCUT2D eigenvalue weighted by molar-refractivity contribution is -0.890. The second-order valence-electron chi connectivity index (χ2n) is 9.55. The lowest BCUT2D eigenvalue weighted by Crippen LogP contribution is -2.41. The molecule has 0 radical (unpaired) electrons. The Bertz CT molecular complexity index is 442. The molecule has 0 saturated carbocycles. The average molecular weight is 394 g/mol. The molecule has 0 amide bonds. The van der Waals surface area contributed by atoms with Crippen LogP contribution in [0.25, 0.3) is 0 Å². The van der Waals surface area contributed by atoms with Crippen LogP contribution in [-0.2, 0) is 10.1 Å². The Labute approximate surface area is 163 Å². The maximum atomic E-state index is 10.7. The second-order valence-corrected chi connectivity index (χ2v) is 11.1. The van der Waals surface area contributed by atoms with E-state index in [-0.39, 0.29) is 5.75 Å². The molecule has 0 heterocycles. The summed E-state index contributed by atoms with van der Waals surface area (Å²) in [5, 5.41) is 0. The van der Waals surface area contributed by atoms with E-state index in [4.69, 9.17) is 0 Å². The minimum Gasteiger partial charge on any atom is -0.748 e. The third-order valence-corrected chi connectivity index (χ3v) is 5.79. The van der Waals surface area contributed by atoms with E-state index in [1.807, 2.05) is 0 Å². The van der Waals surface area contributed by atoms with Gasteiger partial charge < -0.3 is 13.5 Å². The van der Waals surface area contributed by atoms with Crippen molar-refractivity contribution in [3.8, 4) is 0 Å². The number of rotatable bonds is 17. The zero-order chi connectivity index (χ0) is 20.1. The van der Waals surface area contributed by atoms with Crippen LogP contribution < -0.4 is 0 Å². The average Bonchev–Trinajstić information content (AvgIpc) is 2.45. The number of hydrogen-bond acceptors (Lipinski definition) is 3. The normalized spacial score (nSPS) is 13.3. The zero-order valence-electron chi connectivity index (χ0n) is 18.1. The highest BCUT2D eigenvalue weighted by Gasteiger charge is 2.14.